The fourth-order valence-electron chi connectivity index (χ4n) is 2.17. The lowest BCUT2D eigenvalue weighted by Crippen LogP contribution is -2.28. The van der Waals surface area contributed by atoms with Crippen LogP contribution in [0.25, 0.3) is 9.40 Å². The van der Waals surface area contributed by atoms with Crippen molar-refractivity contribution in [2.24, 2.45) is 0 Å². The van der Waals surface area contributed by atoms with Crippen LogP contribution in [-0.2, 0) is 6.54 Å². The minimum Gasteiger partial charge on any atom is -0.298 e. The fourth-order valence-corrected chi connectivity index (χ4v) is 6.11. The fraction of sp³-hybridized carbons (Fsp3) is 0.545. The van der Waals surface area contributed by atoms with Crippen molar-refractivity contribution >= 4 is 55.6 Å². The van der Waals surface area contributed by atoms with Crippen LogP contribution in [0.5, 0.6) is 0 Å². The average molecular weight is 287 g/mol. The molecule has 0 saturated carbocycles. The minimum absolute atomic E-state index is 1.07. The number of fused-ring (bicyclic) bond motifs is 1. The lowest BCUT2D eigenvalue weighted by atomic mass is 10.1. The van der Waals surface area contributed by atoms with Gasteiger partial charge in [0.25, 0.3) is 0 Å². The minimum atomic E-state index is 1.07. The molecule has 0 N–H and O–H groups in total. The van der Waals surface area contributed by atoms with E-state index in [0.717, 1.165) is 9.68 Å². The standard InChI is InChI=1S/C11H13NS4/c13-11-15-9-7-14-8(10(9)16-11)6-12-4-2-1-3-5-12/h7H,1-6H2. The maximum absolute atomic E-state index is 5.26. The SMILES string of the molecule is S=c1sc2csc(CN3CCCCC3)c2s1. The monoisotopic (exact) mass is 287 g/mol. The molecule has 3 rings (SSSR count). The van der Waals surface area contributed by atoms with Crippen molar-refractivity contribution in [2.75, 3.05) is 13.1 Å². The zero-order valence-electron chi connectivity index (χ0n) is 8.90. The predicted octanol–water partition coefficient (Wildman–Crippen LogP) is 4.74. The van der Waals surface area contributed by atoms with Crippen LogP contribution in [0.4, 0.5) is 0 Å². The molecule has 2 aromatic heterocycles. The number of likely N-dealkylation sites (tertiary alicyclic amines) is 1. The van der Waals surface area contributed by atoms with E-state index in [1.807, 2.05) is 11.3 Å². The number of thiophene rings is 1. The first kappa shape index (κ1) is 11.3. The number of rotatable bonds is 2. The Morgan fingerprint density at radius 1 is 1.19 bits per heavy atom. The Balaban J connectivity index is 1.84. The molecule has 1 nitrogen and oxygen atoms in total. The Labute approximate surface area is 112 Å². The summed E-state index contributed by atoms with van der Waals surface area (Å²) >= 11 is 10.7. The van der Waals surface area contributed by atoms with Crippen LogP contribution >= 0.6 is 46.2 Å². The highest BCUT2D eigenvalue weighted by Gasteiger charge is 2.14. The summed E-state index contributed by atoms with van der Waals surface area (Å²) in [7, 11) is 0. The summed E-state index contributed by atoms with van der Waals surface area (Å²) in [5.74, 6) is 0. The molecular weight excluding hydrogens is 274 g/mol. The highest BCUT2D eigenvalue weighted by atomic mass is 32.2. The Kier molecular flexibility index (Phi) is 3.40. The molecule has 3 heterocycles. The first-order valence-electron chi connectivity index (χ1n) is 5.55. The van der Waals surface area contributed by atoms with Crippen LogP contribution in [0.2, 0.25) is 0 Å². The van der Waals surface area contributed by atoms with Gasteiger partial charge in [-0.2, -0.15) is 0 Å². The summed E-state index contributed by atoms with van der Waals surface area (Å²) in [6, 6.07) is 0. The second-order valence-electron chi connectivity index (χ2n) is 4.14. The van der Waals surface area contributed by atoms with E-state index < -0.39 is 0 Å². The van der Waals surface area contributed by atoms with Gasteiger partial charge in [-0.15, -0.1) is 34.0 Å². The van der Waals surface area contributed by atoms with Gasteiger partial charge in [0.1, 0.15) is 3.14 Å². The van der Waals surface area contributed by atoms with Gasteiger partial charge in [-0.05, 0) is 25.9 Å². The molecule has 86 valence electrons. The average Bonchev–Trinajstić information content (AvgIpc) is 2.81. The largest absolute Gasteiger partial charge is 0.298 e. The normalized spacial score (nSPS) is 18.2. The van der Waals surface area contributed by atoms with Crippen molar-refractivity contribution in [3.63, 3.8) is 0 Å². The van der Waals surface area contributed by atoms with Gasteiger partial charge < -0.3 is 0 Å². The molecule has 0 spiro atoms. The van der Waals surface area contributed by atoms with Gasteiger partial charge in [-0.25, -0.2) is 0 Å². The van der Waals surface area contributed by atoms with Crippen molar-refractivity contribution in [1.29, 1.82) is 0 Å². The Hall–Kier alpha value is 0.190. The summed E-state index contributed by atoms with van der Waals surface area (Å²) < 4.78 is 3.91. The van der Waals surface area contributed by atoms with E-state index in [4.69, 9.17) is 12.2 Å². The van der Waals surface area contributed by atoms with E-state index in [1.54, 1.807) is 22.7 Å². The van der Waals surface area contributed by atoms with Crippen LogP contribution in [0.1, 0.15) is 24.1 Å². The van der Waals surface area contributed by atoms with Crippen molar-refractivity contribution in [3.05, 3.63) is 13.4 Å². The van der Waals surface area contributed by atoms with E-state index in [-0.39, 0.29) is 0 Å². The molecule has 1 saturated heterocycles. The molecule has 2 aromatic rings. The Bertz CT molecular complexity index is 529. The second-order valence-corrected chi connectivity index (χ2v) is 8.36. The molecule has 16 heavy (non-hydrogen) atoms. The maximum Gasteiger partial charge on any atom is 0.144 e. The number of piperidine rings is 1. The molecule has 1 fully saturated rings. The van der Waals surface area contributed by atoms with Crippen LogP contribution in [0.3, 0.4) is 0 Å². The molecular formula is C11H13NS4. The van der Waals surface area contributed by atoms with Gasteiger partial charge in [0.15, 0.2) is 0 Å². The van der Waals surface area contributed by atoms with Crippen molar-refractivity contribution in [3.8, 4) is 0 Å². The van der Waals surface area contributed by atoms with Crippen molar-refractivity contribution in [1.82, 2.24) is 4.90 Å². The number of nitrogens with zero attached hydrogens (tertiary/aromatic N) is 1. The zero-order chi connectivity index (χ0) is 11.0. The molecule has 0 atom stereocenters. The highest BCUT2D eigenvalue weighted by Crippen LogP contribution is 2.36. The third-order valence-corrected chi connectivity index (χ3v) is 6.90. The van der Waals surface area contributed by atoms with Gasteiger partial charge in [-0.1, -0.05) is 18.6 Å². The van der Waals surface area contributed by atoms with Gasteiger partial charge in [0, 0.05) is 16.8 Å². The lowest BCUT2D eigenvalue weighted by Gasteiger charge is -2.25. The van der Waals surface area contributed by atoms with Crippen molar-refractivity contribution < 1.29 is 0 Å². The maximum atomic E-state index is 5.26. The second kappa shape index (κ2) is 4.82. The summed E-state index contributed by atoms with van der Waals surface area (Å²) in [5, 5.41) is 2.27. The van der Waals surface area contributed by atoms with E-state index >= 15 is 0 Å². The molecule has 0 aromatic carbocycles. The summed E-state index contributed by atoms with van der Waals surface area (Å²) in [4.78, 5) is 4.11. The molecule has 0 amide bonds. The smallest absolute Gasteiger partial charge is 0.144 e. The van der Waals surface area contributed by atoms with E-state index in [0.29, 0.717) is 0 Å². The first-order chi connectivity index (χ1) is 7.83. The molecule has 0 unspecified atom stereocenters. The first-order valence-corrected chi connectivity index (χ1v) is 8.47. The molecule has 0 bridgehead atoms. The van der Waals surface area contributed by atoms with Gasteiger partial charge in [0.2, 0.25) is 0 Å². The quantitative estimate of drug-likeness (QED) is 0.734. The van der Waals surface area contributed by atoms with Gasteiger partial charge >= 0.3 is 0 Å². The molecule has 1 aliphatic rings. The lowest BCUT2D eigenvalue weighted by molar-refractivity contribution is 0.223. The van der Waals surface area contributed by atoms with Gasteiger partial charge in [-0.3, -0.25) is 4.90 Å². The summed E-state index contributed by atoms with van der Waals surface area (Å²) in [6.45, 7) is 3.68. The Morgan fingerprint density at radius 2 is 2.00 bits per heavy atom. The van der Waals surface area contributed by atoms with Crippen molar-refractivity contribution in [2.45, 2.75) is 25.8 Å². The molecule has 0 aliphatic carbocycles. The number of hydrogen-bond donors (Lipinski definition) is 0. The van der Waals surface area contributed by atoms with Crippen LogP contribution in [0, 0.1) is 3.14 Å². The topological polar surface area (TPSA) is 3.24 Å². The Morgan fingerprint density at radius 3 is 2.81 bits per heavy atom. The zero-order valence-corrected chi connectivity index (χ0v) is 12.2. The summed E-state index contributed by atoms with van der Waals surface area (Å²) in [6.07, 6.45) is 4.15. The highest BCUT2D eigenvalue weighted by molar-refractivity contribution is 7.77. The summed E-state index contributed by atoms with van der Waals surface area (Å²) in [5.41, 5.74) is 0. The molecule has 5 heteroatoms. The van der Waals surface area contributed by atoms with Gasteiger partial charge in [0.05, 0.1) is 9.40 Å². The van der Waals surface area contributed by atoms with E-state index in [9.17, 15) is 0 Å². The van der Waals surface area contributed by atoms with E-state index in [2.05, 4.69) is 10.3 Å². The predicted molar refractivity (Wildman–Crippen MR) is 77.5 cm³/mol. The van der Waals surface area contributed by atoms with Crippen LogP contribution < -0.4 is 0 Å². The molecule has 1 aliphatic heterocycles. The number of hydrogen-bond acceptors (Lipinski definition) is 5. The van der Waals surface area contributed by atoms with E-state index in [1.165, 1.54) is 46.6 Å². The van der Waals surface area contributed by atoms with Crippen LogP contribution in [-0.4, -0.2) is 18.0 Å². The third kappa shape index (κ3) is 2.24. The van der Waals surface area contributed by atoms with Crippen LogP contribution in [0.15, 0.2) is 5.38 Å². The molecule has 0 radical (unpaired) electrons. The third-order valence-electron chi connectivity index (χ3n) is 2.98.